The van der Waals surface area contributed by atoms with Gasteiger partial charge in [0.05, 0.1) is 0 Å². The van der Waals surface area contributed by atoms with Crippen LogP contribution in [0.3, 0.4) is 0 Å². The summed E-state index contributed by atoms with van der Waals surface area (Å²) in [4.78, 5) is 10.7. The standard InChI is InChI=1S/C8H6F8O2/c1-4(6(10,11)2-9)5(17)18-3-7(12,13)8(14,15)16/h1-3H2. The van der Waals surface area contributed by atoms with Gasteiger partial charge in [-0.05, 0) is 0 Å². The highest BCUT2D eigenvalue weighted by Crippen LogP contribution is 2.36. The van der Waals surface area contributed by atoms with E-state index in [-0.39, 0.29) is 0 Å². The van der Waals surface area contributed by atoms with Crippen molar-refractivity contribution in [3.63, 3.8) is 0 Å². The van der Waals surface area contributed by atoms with Crippen molar-refractivity contribution in [1.29, 1.82) is 0 Å². The first kappa shape index (κ1) is 16.6. The molecule has 0 aliphatic carbocycles. The van der Waals surface area contributed by atoms with E-state index in [1.54, 1.807) is 0 Å². The Morgan fingerprint density at radius 1 is 1.06 bits per heavy atom. The van der Waals surface area contributed by atoms with Gasteiger partial charge in [-0.1, -0.05) is 6.58 Å². The van der Waals surface area contributed by atoms with Gasteiger partial charge in [0.25, 0.3) is 0 Å². The fraction of sp³-hybridized carbons (Fsp3) is 0.625. The highest BCUT2D eigenvalue weighted by molar-refractivity contribution is 5.89. The fourth-order valence-corrected chi connectivity index (χ4v) is 0.555. The van der Waals surface area contributed by atoms with Crippen LogP contribution in [0.25, 0.3) is 0 Å². The van der Waals surface area contributed by atoms with E-state index < -0.39 is 42.8 Å². The van der Waals surface area contributed by atoms with Crippen LogP contribution in [0.5, 0.6) is 0 Å². The molecular weight excluding hydrogens is 280 g/mol. The topological polar surface area (TPSA) is 26.3 Å². The molecule has 0 unspecified atom stereocenters. The Morgan fingerprint density at radius 2 is 1.50 bits per heavy atom. The smallest absolute Gasteiger partial charge is 0.455 e. The molecule has 0 rings (SSSR count). The van der Waals surface area contributed by atoms with Crippen LogP contribution in [0.1, 0.15) is 0 Å². The van der Waals surface area contributed by atoms with Gasteiger partial charge in [-0.15, -0.1) is 0 Å². The van der Waals surface area contributed by atoms with E-state index in [0.717, 1.165) is 0 Å². The number of ether oxygens (including phenoxy) is 1. The molecule has 0 aliphatic rings. The zero-order valence-corrected chi connectivity index (χ0v) is 8.46. The van der Waals surface area contributed by atoms with E-state index >= 15 is 0 Å². The van der Waals surface area contributed by atoms with E-state index in [9.17, 15) is 39.9 Å². The molecule has 0 fully saturated rings. The first-order valence-electron chi connectivity index (χ1n) is 4.10. The summed E-state index contributed by atoms with van der Waals surface area (Å²) < 4.78 is 99.3. The van der Waals surface area contributed by atoms with E-state index in [2.05, 4.69) is 11.3 Å². The summed E-state index contributed by atoms with van der Waals surface area (Å²) in [7, 11) is 0. The largest absolute Gasteiger partial charge is 0.456 e. The van der Waals surface area contributed by atoms with Crippen molar-refractivity contribution in [3.05, 3.63) is 12.2 Å². The average Bonchev–Trinajstić information content (AvgIpc) is 2.23. The van der Waals surface area contributed by atoms with Gasteiger partial charge in [-0.3, -0.25) is 0 Å². The summed E-state index contributed by atoms with van der Waals surface area (Å²) in [6, 6.07) is 0. The van der Waals surface area contributed by atoms with E-state index in [1.165, 1.54) is 0 Å². The molecule has 0 N–H and O–H groups in total. The lowest BCUT2D eigenvalue weighted by atomic mass is 10.2. The Hall–Kier alpha value is -1.35. The van der Waals surface area contributed by atoms with Crippen LogP contribution in [0.15, 0.2) is 12.2 Å². The molecule has 0 aromatic rings. The lowest BCUT2D eigenvalue weighted by Gasteiger charge is -2.20. The van der Waals surface area contributed by atoms with Crippen molar-refractivity contribution in [1.82, 2.24) is 0 Å². The molecule has 0 amide bonds. The third-order valence-corrected chi connectivity index (χ3v) is 1.66. The van der Waals surface area contributed by atoms with Crippen LogP contribution in [-0.4, -0.2) is 37.3 Å². The van der Waals surface area contributed by atoms with Gasteiger partial charge in [0.15, 0.2) is 13.3 Å². The third kappa shape index (κ3) is 3.84. The molecule has 0 spiro atoms. The molecule has 2 nitrogen and oxygen atoms in total. The molecule has 0 aromatic heterocycles. The van der Waals surface area contributed by atoms with E-state index in [1.807, 2.05) is 0 Å². The summed E-state index contributed by atoms with van der Waals surface area (Å²) in [5.74, 6) is -12.0. The predicted molar refractivity (Wildman–Crippen MR) is 42.0 cm³/mol. The summed E-state index contributed by atoms with van der Waals surface area (Å²) >= 11 is 0. The van der Waals surface area contributed by atoms with Crippen LogP contribution in [0.2, 0.25) is 0 Å². The van der Waals surface area contributed by atoms with Crippen molar-refractivity contribution in [2.45, 2.75) is 18.0 Å². The van der Waals surface area contributed by atoms with Gasteiger partial charge >= 0.3 is 24.0 Å². The van der Waals surface area contributed by atoms with Crippen LogP contribution in [0.4, 0.5) is 35.1 Å². The van der Waals surface area contributed by atoms with Gasteiger partial charge in [0.2, 0.25) is 0 Å². The van der Waals surface area contributed by atoms with E-state index in [4.69, 9.17) is 0 Å². The molecule has 0 saturated heterocycles. The minimum Gasteiger partial charge on any atom is -0.455 e. The summed E-state index contributed by atoms with van der Waals surface area (Å²) in [6.07, 6.45) is -6.00. The Bertz CT molecular complexity index is 332. The average molecular weight is 286 g/mol. The Kier molecular flexibility index (Phi) is 4.72. The maximum absolute atomic E-state index is 12.5. The zero-order chi connectivity index (χ0) is 14.8. The Morgan fingerprint density at radius 3 is 1.83 bits per heavy atom. The number of hydrogen-bond acceptors (Lipinski definition) is 2. The molecule has 0 saturated carbocycles. The number of hydrogen-bond donors (Lipinski definition) is 0. The molecule has 0 aliphatic heterocycles. The molecule has 10 heteroatoms. The second-order valence-corrected chi connectivity index (χ2v) is 3.09. The highest BCUT2D eigenvalue weighted by atomic mass is 19.4. The van der Waals surface area contributed by atoms with Gasteiger partial charge in [-0.2, -0.15) is 30.7 Å². The number of esters is 1. The first-order chi connectivity index (χ1) is 7.85. The van der Waals surface area contributed by atoms with Gasteiger partial charge in [0.1, 0.15) is 5.57 Å². The first-order valence-corrected chi connectivity index (χ1v) is 4.10. The zero-order valence-electron chi connectivity index (χ0n) is 8.46. The molecule has 106 valence electrons. The molecule has 0 heterocycles. The predicted octanol–water partition coefficient (Wildman–Crippen LogP) is 2.89. The molecule has 0 atom stereocenters. The third-order valence-electron chi connectivity index (χ3n) is 1.66. The minimum atomic E-state index is -6.00. The van der Waals surface area contributed by atoms with Crippen LogP contribution < -0.4 is 0 Å². The summed E-state index contributed by atoms with van der Waals surface area (Å²) in [5, 5.41) is 0. The molecular formula is C8H6F8O2. The Labute approximate surface area is 95.2 Å². The lowest BCUT2D eigenvalue weighted by molar-refractivity contribution is -0.293. The van der Waals surface area contributed by atoms with Crippen molar-refractivity contribution in [2.75, 3.05) is 13.3 Å². The van der Waals surface area contributed by atoms with Crippen LogP contribution >= 0.6 is 0 Å². The number of alkyl halides is 8. The van der Waals surface area contributed by atoms with Crippen LogP contribution in [0, 0.1) is 0 Å². The summed E-state index contributed by atoms with van der Waals surface area (Å²) in [5.41, 5.74) is -1.84. The van der Waals surface area contributed by atoms with Crippen molar-refractivity contribution in [3.8, 4) is 0 Å². The highest BCUT2D eigenvalue weighted by Gasteiger charge is 2.58. The second kappa shape index (κ2) is 5.11. The Balaban J connectivity index is 4.59. The number of halogens is 8. The van der Waals surface area contributed by atoms with Gasteiger partial charge < -0.3 is 4.74 Å². The second-order valence-electron chi connectivity index (χ2n) is 3.09. The normalized spacial score (nSPS) is 13.3. The molecule has 0 radical (unpaired) electrons. The fourth-order valence-electron chi connectivity index (χ4n) is 0.555. The minimum absolute atomic E-state index is 1.84. The van der Waals surface area contributed by atoms with Crippen molar-refractivity contribution in [2.24, 2.45) is 0 Å². The maximum Gasteiger partial charge on any atom is 0.456 e. The quantitative estimate of drug-likeness (QED) is 0.441. The van der Waals surface area contributed by atoms with Crippen molar-refractivity contribution >= 4 is 5.97 Å². The molecule has 0 bridgehead atoms. The maximum atomic E-state index is 12.5. The van der Waals surface area contributed by atoms with E-state index in [0.29, 0.717) is 0 Å². The van der Waals surface area contributed by atoms with Gasteiger partial charge in [0, 0.05) is 0 Å². The number of carbonyl (C=O) groups excluding carboxylic acids is 1. The van der Waals surface area contributed by atoms with Crippen LogP contribution in [-0.2, 0) is 9.53 Å². The summed E-state index contributed by atoms with van der Waals surface area (Å²) in [6.45, 7) is -2.48. The molecule has 18 heavy (non-hydrogen) atoms. The van der Waals surface area contributed by atoms with Crippen molar-refractivity contribution < 1.29 is 44.7 Å². The number of carbonyl (C=O) groups is 1. The lowest BCUT2D eigenvalue weighted by Crippen LogP contribution is -2.42. The molecule has 0 aromatic carbocycles. The van der Waals surface area contributed by atoms with Gasteiger partial charge in [-0.25, -0.2) is 9.18 Å². The monoisotopic (exact) mass is 286 g/mol. The SMILES string of the molecule is C=C(C(=O)OCC(F)(F)C(F)(F)F)C(F)(F)CF. The number of rotatable bonds is 5.